The molecule has 2 aromatic heterocycles. The average Bonchev–Trinajstić information content (AvgIpc) is 2.93. The molecule has 1 atom stereocenters. The fraction of sp³-hybridized carbons (Fsp3) is 0.500. The summed E-state index contributed by atoms with van der Waals surface area (Å²) >= 11 is 0. The van der Waals surface area contributed by atoms with Crippen LogP contribution in [0.1, 0.15) is 32.0 Å². The van der Waals surface area contributed by atoms with Crippen LogP contribution in [0.4, 0.5) is 0 Å². The van der Waals surface area contributed by atoms with Crippen molar-refractivity contribution in [2.24, 2.45) is 0 Å². The maximum atomic E-state index is 9.60. The quantitative estimate of drug-likeness (QED) is 0.882. The molecule has 4 nitrogen and oxygen atoms in total. The Labute approximate surface area is 107 Å². The maximum Gasteiger partial charge on any atom is 0.132 e. The first-order valence-electron chi connectivity index (χ1n) is 6.55. The van der Waals surface area contributed by atoms with E-state index in [9.17, 15) is 5.11 Å². The first kappa shape index (κ1) is 11.5. The van der Waals surface area contributed by atoms with Gasteiger partial charge < -0.3 is 10.0 Å². The molecule has 3 heterocycles. The second-order valence-corrected chi connectivity index (χ2v) is 5.37. The van der Waals surface area contributed by atoms with Crippen molar-refractivity contribution in [3.05, 3.63) is 30.4 Å². The number of pyridine rings is 1. The molecule has 1 unspecified atom stereocenters. The van der Waals surface area contributed by atoms with E-state index < -0.39 is 0 Å². The number of fused-ring (bicyclic) bond motifs is 1. The monoisotopic (exact) mass is 245 g/mol. The molecule has 0 aromatic carbocycles. The van der Waals surface area contributed by atoms with Gasteiger partial charge in [-0.2, -0.15) is 0 Å². The molecule has 2 aromatic rings. The van der Waals surface area contributed by atoms with Gasteiger partial charge in [0.15, 0.2) is 0 Å². The van der Waals surface area contributed by atoms with E-state index in [0.29, 0.717) is 17.7 Å². The summed E-state index contributed by atoms with van der Waals surface area (Å²) < 4.78 is 2.02. The summed E-state index contributed by atoms with van der Waals surface area (Å²) in [7, 11) is 0. The van der Waals surface area contributed by atoms with Gasteiger partial charge in [-0.1, -0.05) is 0 Å². The topological polar surface area (TPSA) is 40.8 Å². The molecular formula is C14H19N3O. The number of hydrogen-bond acceptors (Lipinski definition) is 3. The van der Waals surface area contributed by atoms with Crippen molar-refractivity contribution in [2.75, 3.05) is 13.1 Å². The molecule has 1 saturated heterocycles. The highest BCUT2D eigenvalue weighted by Crippen LogP contribution is 2.28. The van der Waals surface area contributed by atoms with Gasteiger partial charge in [-0.05, 0) is 38.9 Å². The summed E-state index contributed by atoms with van der Waals surface area (Å²) in [4.78, 5) is 7.02. The van der Waals surface area contributed by atoms with E-state index in [1.807, 2.05) is 16.7 Å². The third kappa shape index (κ3) is 1.86. The molecular weight excluding hydrogens is 226 g/mol. The van der Waals surface area contributed by atoms with Crippen LogP contribution in [0, 0.1) is 0 Å². The van der Waals surface area contributed by atoms with Gasteiger partial charge >= 0.3 is 0 Å². The van der Waals surface area contributed by atoms with Crippen LogP contribution in [0.2, 0.25) is 0 Å². The smallest absolute Gasteiger partial charge is 0.132 e. The van der Waals surface area contributed by atoms with Crippen LogP contribution in [-0.2, 0) is 0 Å². The molecule has 1 fully saturated rings. The van der Waals surface area contributed by atoms with E-state index in [-0.39, 0.29) is 0 Å². The highest BCUT2D eigenvalue weighted by Gasteiger charge is 2.28. The molecule has 3 rings (SSSR count). The second-order valence-electron chi connectivity index (χ2n) is 5.37. The second kappa shape index (κ2) is 4.28. The molecule has 1 aliphatic heterocycles. The SMILES string of the molecule is CC(C)N1CCC(c2ncc3ccc(O)cn23)C1. The molecule has 1 N–H and O–H groups in total. The summed E-state index contributed by atoms with van der Waals surface area (Å²) in [6.07, 6.45) is 4.79. The zero-order valence-corrected chi connectivity index (χ0v) is 10.9. The van der Waals surface area contributed by atoms with E-state index in [1.54, 1.807) is 12.3 Å². The lowest BCUT2D eigenvalue weighted by molar-refractivity contribution is 0.272. The lowest BCUT2D eigenvalue weighted by Crippen LogP contribution is -2.28. The lowest BCUT2D eigenvalue weighted by Gasteiger charge is -2.19. The van der Waals surface area contributed by atoms with Crippen LogP contribution in [0.15, 0.2) is 24.5 Å². The molecule has 96 valence electrons. The van der Waals surface area contributed by atoms with Gasteiger partial charge in [-0.25, -0.2) is 4.98 Å². The zero-order valence-electron chi connectivity index (χ0n) is 10.9. The van der Waals surface area contributed by atoms with Crippen molar-refractivity contribution in [1.29, 1.82) is 0 Å². The molecule has 18 heavy (non-hydrogen) atoms. The Morgan fingerprint density at radius 1 is 1.39 bits per heavy atom. The van der Waals surface area contributed by atoms with Crippen LogP contribution in [0.25, 0.3) is 5.52 Å². The molecule has 0 spiro atoms. The Bertz CT molecular complexity index is 561. The Balaban J connectivity index is 1.93. The van der Waals surface area contributed by atoms with Gasteiger partial charge in [-0.3, -0.25) is 4.40 Å². The molecule has 0 saturated carbocycles. The highest BCUT2D eigenvalue weighted by atomic mass is 16.3. The fourth-order valence-electron chi connectivity index (χ4n) is 2.77. The Kier molecular flexibility index (Phi) is 2.74. The fourth-order valence-corrected chi connectivity index (χ4v) is 2.77. The molecule has 0 bridgehead atoms. The van der Waals surface area contributed by atoms with Crippen LogP contribution < -0.4 is 0 Å². The number of rotatable bonds is 2. The molecule has 0 amide bonds. The predicted molar refractivity (Wildman–Crippen MR) is 70.9 cm³/mol. The van der Waals surface area contributed by atoms with Crippen LogP contribution in [-0.4, -0.2) is 38.5 Å². The van der Waals surface area contributed by atoms with Crippen LogP contribution >= 0.6 is 0 Å². The number of likely N-dealkylation sites (tertiary alicyclic amines) is 1. The van der Waals surface area contributed by atoms with Crippen molar-refractivity contribution in [1.82, 2.24) is 14.3 Å². The van der Waals surface area contributed by atoms with Crippen molar-refractivity contribution in [3.8, 4) is 5.75 Å². The summed E-state index contributed by atoms with van der Waals surface area (Å²) in [6.45, 7) is 6.66. The Hall–Kier alpha value is -1.55. The maximum absolute atomic E-state index is 9.60. The number of aromatic nitrogens is 2. The number of nitrogens with zero attached hydrogens (tertiary/aromatic N) is 3. The summed E-state index contributed by atoms with van der Waals surface area (Å²) in [5, 5.41) is 9.60. The number of imidazole rings is 1. The van der Waals surface area contributed by atoms with Crippen molar-refractivity contribution >= 4 is 5.52 Å². The Morgan fingerprint density at radius 2 is 2.22 bits per heavy atom. The third-order valence-electron chi connectivity index (χ3n) is 3.86. The zero-order chi connectivity index (χ0) is 12.7. The van der Waals surface area contributed by atoms with E-state index in [2.05, 4.69) is 23.7 Å². The third-order valence-corrected chi connectivity index (χ3v) is 3.86. The van der Waals surface area contributed by atoms with Gasteiger partial charge in [0.2, 0.25) is 0 Å². The van der Waals surface area contributed by atoms with Crippen molar-refractivity contribution < 1.29 is 5.11 Å². The molecule has 0 aliphatic carbocycles. The normalized spacial score (nSPS) is 21.2. The van der Waals surface area contributed by atoms with Crippen LogP contribution in [0.3, 0.4) is 0 Å². The van der Waals surface area contributed by atoms with Crippen molar-refractivity contribution in [2.45, 2.75) is 32.2 Å². The van der Waals surface area contributed by atoms with E-state index in [4.69, 9.17) is 0 Å². The minimum atomic E-state index is 0.292. The number of aromatic hydroxyl groups is 1. The largest absolute Gasteiger partial charge is 0.506 e. The highest BCUT2D eigenvalue weighted by molar-refractivity contribution is 5.48. The van der Waals surface area contributed by atoms with Gasteiger partial charge in [0.1, 0.15) is 11.6 Å². The van der Waals surface area contributed by atoms with E-state index in [0.717, 1.165) is 30.9 Å². The lowest BCUT2D eigenvalue weighted by atomic mass is 10.1. The van der Waals surface area contributed by atoms with E-state index in [1.165, 1.54) is 0 Å². The standard InChI is InChI=1S/C14H19N3O/c1-10(2)16-6-5-11(8-16)14-15-7-12-3-4-13(18)9-17(12)14/h3-4,7,9-11,18H,5-6,8H2,1-2H3. The van der Waals surface area contributed by atoms with E-state index >= 15 is 0 Å². The minimum Gasteiger partial charge on any atom is -0.506 e. The molecule has 4 heteroatoms. The average molecular weight is 245 g/mol. The van der Waals surface area contributed by atoms with Gasteiger partial charge in [-0.15, -0.1) is 0 Å². The van der Waals surface area contributed by atoms with Gasteiger partial charge in [0.05, 0.1) is 17.9 Å². The first-order valence-corrected chi connectivity index (χ1v) is 6.55. The molecule has 1 aliphatic rings. The van der Waals surface area contributed by atoms with Gasteiger partial charge in [0.25, 0.3) is 0 Å². The predicted octanol–water partition coefficient (Wildman–Crippen LogP) is 2.24. The van der Waals surface area contributed by atoms with Crippen molar-refractivity contribution in [3.63, 3.8) is 0 Å². The summed E-state index contributed by atoms with van der Waals surface area (Å²) in [5.41, 5.74) is 1.05. The number of hydrogen-bond donors (Lipinski definition) is 1. The van der Waals surface area contributed by atoms with Gasteiger partial charge in [0, 0.05) is 18.5 Å². The minimum absolute atomic E-state index is 0.292. The summed E-state index contributed by atoms with van der Waals surface area (Å²) in [5.74, 6) is 1.83. The summed E-state index contributed by atoms with van der Waals surface area (Å²) in [6, 6.07) is 4.20. The molecule has 0 radical (unpaired) electrons. The first-order chi connectivity index (χ1) is 8.65. The van der Waals surface area contributed by atoms with Crippen LogP contribution in [0.5, 0.6) is 5.75 Å². The Morgan fingerprint density at radius 3 is 2.94 bits per heavy atom.